The number of rotatable bonds is 7. The number of nitrogens with zero attached hydrogens (tertiary/aromatic N) is 4. The average Bonchev–Trinajstić information content (AvgIpc) is 3.17. The minimum Gasteiger partial charge on any atom is -0.384 e. The van der Waals surface area contributed by atoms with Crippen LogP contribution in [0.15, 0.2) is 51.4 Å². The van der Waals surface area contributed by atoms with Gasteiger partial charge in [0.05, 0.1) is 11.4 Å². The Hall–Kier alpha value is -3.14. The lowest BCUT2D eigenvalue weighted by Gasteiger charge is -2.16. The highest BCUT2D eigenvalue weighted by molar-refractivity contribution is 7.99. The second-order valence-electron chi connectivity index (χ2n) is 7.18. The molecule has 2 N–H and O–H groups in total. The molecule has 0 aliphatic rings. The van der Waals surface area contributed by atoms with E-state index in [1.807, 2.05) is 13.8 Å². The number of nitrogens with two attached hydrogens (primary N) is 1. The normalized spacial score (nSPS) is 11.2. The number of carbonyl (C=O) groups is 1. The highest BCUT2D eigenvalue weighted by Crippen LogP contribution is 2.22. The van der Waals surface area contributed by atoms with Crippen molar-refractivity contribution in [3.8, 4) is 5.69 Å². The molecule has 0 atom stereocenters. The fraction of sp³-hybridized carbons (Fsp3) is 0.300. The van der Waals surface area contributed by atoms with E-state index in [1.165, 1.54) is 29.9 Å². The van der Waals surface area contributed by atoms with Crippen LogP contribution in [0, 0.1) is 11.7 Å². The van der Waals surface area contributed by atoms with Crippen LogP contribution in [0.5, 0.6) is 0 Å². The maximum absolute atomic E-state index is 13.5. The molecule has 1 aromatic carbocycles. The Morgan fingerprint density at radius 2 is 2.03 bits per heavy atom. The zero-order valence-electron chi connectivity index (χ0n) is 16.8. The molecular formula is C20H22FN5O3S. The first-order valence-electron chi connectivity index (χ1n) is 9.25. The predicted molar refractivity (Wildman–Crippen MR) is 114 cm³/mol. The summed E-state index contributed by atoms with van der Waals surface area (Å²) in [6.07, 6.45) is 3.19. The standard InChI is InChI=1S/C20H22FN5O3S/c1-12(2)10-26-17(22)16(18(28)24(3)20(26)29)15(27)11-30-19-23-7-8-25(19)14-6-4-5-13(21)9-14/h4-9,12H,10-11,22H2,1-3H3. The molecule has 0 spiro atoms. The van der Waals surface area contributed by atoms with Crippen molar-refractivity contribution in [1.29, 1.82) is 0 Å². The molecule has 158 valence electrons. The monoisotopic (exact) mass is 431 g/mol. The number of hydrogen-bond acceptors (Lipinski definition) is 6. The minimum absolute atomic E-state index is 0.0959. The lowest BCUT2D eigenvalue weighted by atomic mass is 10.2. The Morgan fingerprint density at radius 3 is 2.70 bits per heavy atom. The molecule has 10 heteroatoms. The summed E-state index contributed by atoms with van der Waals surface area (Å²) in [5, 5.41) is 0.458. The van der Waals surface area contributed by atoms with E-state index in [9.17, 15) is 18.8 Å². The summed E-state index contributed by atoms with van der Waals surface area (Å²) in [6.45, 7) is 4.09. The topological polar surface area (TPSA) is 105 Å². The molecule has 2 heterocycles. The van der Waals surface area contributed by atoms with Crippen LogP contribution in [-0.4, -0.2) is 30.2 Å². The number of anilines is 1. The second kappa shape index (κ2) is 8.70. The molecule has 0 radical (unpaired) electrons. The number of hydrogen-bond donors (Lipinski definition) is 1. The lowest BCUT2D eigenvalue weighted by Crippen LogP contribution is -2.43. The molecular weight excluding hydrogens is 409 g/mol. The van der Waals surface area contributed by atoms with Crippen molar-refractivity contribution in [3.63, 3.8) is 0 Å². The molecule has 30 heavy (non-hydrogen) atoms. The molecule has 0 aliphatic carbocycles. The van der Waals surface area contributed by atoms with Gasteiger partial charge in [-0.15, -0.1) is 0 Å². The van der Waals surface area contributed by atoms with Gasteiger partial charge in [0.25, 0.3) is 5.56 Å². The quantitative estimate of drug-likeness (QED) is 0.454. The van der Waals surface area contributed by atoms with Crippen LogP contribution in [0.4, 0.5) is 10.2 Å². The summed E-state index contributed by atoms with van der Waals surface area (Å²) >= 11 is 1.09. The van der Waals surface area contributed by atoms with Gasteiger partial charge in [0.1, 0.15) is 17.2 Å². The maximum atomic E-state index is 13.5. The fourth-order valence-corrected chi connectivity index (χ4v) is 3.85. The third kappa shape index (κ3) is 4.23. The summed E-state index contributed by atoms with van der Waals surface area (Å²) in [5.41, 5.74) is 5.11. The SMILES string of the molecule is CC(C)Cn1c(N)c(C(=O)CSc2nccn2-c2cccc(F)c2)c(=O)n(C)c1=O. The molecule has 0 amide bonds. The number of ketones is 1. The van der Waals surface area contributed by atoms with Gasteiger partial charge < -0.3 is 5.73 Å². The zero-order valence-corrected chi connectivity index (χ0v) is 17.6. The summed E-state index contributed by atoms with van der Waals surface area (Å²) in [5.74, 6) is -1.05. The Morgan fingerprint density at radius 1 is 1.30 bits per heavy atom. The van der Waals surface area contributed by atoms with E-state index < -0.39 is 22.8 Å². The summed E-state index contributed by atoms with van der Waals surface area (Å²) in [7, 11) is 1.32. The van der Waals surface area contributed by atoms with Gasteiger partial charge in [0.15, 0.2) is 10.9 Å². The minimum atomic E-state index is -0.725. The molecule has 0 unspecified atom stereocenters. The number of aromatic nitrogens is 4. The number of Topliss-reactive ketones (excluding diaryl/α,β-unsaturated/α-hetero) is 1. The van der Waals surface area contributed by atoms with Gasteiger partial charge >= 0.3 is 5.69 Å². The Bertz CT molecular complexity index is 1210. The first-order valence-corrected chi connectivity index (χ1v) is 10.2. The molecule has 0 fully saturated rings. The van der Waals surface area contributed by atoms with Crippen LogP contribution in [0.25, 0.3) is 5.69 Å². The molecule has 0 saturated heterocycles. The van der Waals surface area contributed by atoms with E-state index in [0.29, 0.717) is 10.8 Å². The summed E-state index contributed by atoms with van der Waals surface area (Å²) < 4.78 is 17.3. The van der Waals surface area contributed by atoms with Crippen molar-refractivity contribution in [2.24, 2.45) is 13.0 Å². The molecule has 3 aromatic rings. The molecule has 0 saturated carbocycles. The summed E-state index contributed by atoms with van der Waals surface area (Å²) in [4.78, 5) is 42.0. The first kappa shape index (κ1) is 21.6. The number of carbonyl (C=O) groups excluding carboxylic acids is 1. The van der Waals surface area contributed by atoms with Crippen molar-refractivity contribution in [3.05, 3.63) is 68.9 Å². The Kier molecular flexibility index (Phi) is 6.25. The molecule has 0 aliphatic heterocycles. The first-order chi connectivity index (χ1) is 14.2. The van der Waals surface area contributed by atoms with Gasteiger partial charge in [-0.1, -0.05) is 31.7 Å². The van der Waals surface area contributed by atoms with Crippen molar-refractivity contribution < 1.29 is 9.18 Å². The van der Waals surface area contributed by atoms with E-state index in [0.717, 1.165) is 16.3 Å². The average molecular weight is 431 g/mol. The number of imidazole rings is 1. The van der Waals surface area contributed by atoms with E-state index >= 15 is 0 Å². The van der Waals surface area contributed by atoms with Crippen LogP contribution in [0.2, 0.25) is 0 Å². The third-order valence-corrected chi connectivity index (χ3v) is 5.40. The molecule has 8 nitrogen and oxygen atoms in total. The van der Waals surface area contributed by atoms with Crippen molar-refractivity contribution >= 4 is 23.4 Å². The zero-order chi connectivity index (χ0) is 22.0. The van der Waals surface area contributed by atoms with Crippen molar-refractivity contribution in [2.45, 2.75) is 25.5 Å². The Labute approximate surface area is 176 Å². The smallest absolute Gasteiger partial charge is 0.332 e. The van der Waals surface area contributed by atoms with E-state index in [-0.39, 0.29) is 29.6 Å². The van der Waals surface area contributed by atoms with Crippen LogP contribution >= 0.6 is 11.8 Å². The van der Waals surface area contributed by atoms with Crippen LogP contribution in [0.3, 0.4) is 0 Å². The number of thioether (sulfide) groups is 1. The molecule has 0 bridgehead atoms. The summed E-state index contributed by atoms with van der Waals surface area (Å²) in [6, 6.07) is 5.98. The van der Waals surface area contributed by atoms with Crippen LogP contribution in [-0.2, 0) is 13.6 Å². The highest BCUT2D eigenvalue weighted by Gasteiger charge is 2.22. The Balaban J connectivity index is 1.90. The van der Waals surface area contributed by atoms with Crippen molar-refractivity contribution in [1.82, 2.24) is 18.7 Å². The predicted octanol–water partition coefficient (Wildman–Crippen LogP) is 2.08. The number of nitrogen functional groups attached to an aromatic ring is 1. The van der Waals surface area contributed by atoms with Crippen molar-refractivity contribution in [2.75, 3.05) is 11.5 Å². The molecule has 3 rings (SSSR count). The number of benzene rings is 1. The molecule has 2 aromatic heterocycles. The van der Waals surface area contributed by atoms with E-state index in [2.05, 4.69) is 4.98 Å². The van der Waals surface area contributed by atoms with Crippen LogP contribution in [0.1, 0.15) is 24.2 Å². The fourth-order valence-electron chi connectivity index (χ4n) is 3.01. The largest absolute Gasteiger partial charge is 0.384 e. The third-order valence-electron chi connectivity index (χ3n) is 4.44. The highest BCUT2D eigenvalue weighted by atomic mass is 32.2. The van der Waals surface area contributed by atoms with Gasteiger partial charge in [-0.05, 0) is 24.1 Å². The second-order valence-corrected chi connectivity index (χ2v) is 8.13. The van der Waals surface area contributed by atoms with Gasteiger partial charge in [0, 0.05) is 26.0 Å². The van der Waals surface area contributed by atoms with E-state index in [1.54, 1.807) is 22.9 Å². The van der Waals surface area contributed by atoms with Gasteiger partial charge in [-0.3, -0.25) is 23.3 Å². The van der Waals surface area contributed by atoms with Gasteiger partial charge in [0.2, 0.25) is 0 Å². The van der Waals surface area contributed by atoms with Gasteiger partial charge in [-0.25, -0.2) is 14.2 Å². The van der Waals surface area contributed by atoms with Gasteiger partial charge in [-0.2, -0.15) is 0 Å². The lowest BCUT2D eigenvalue weighted by molar-refractivity contribution is 0.102. The van der Waals surface area contributed by atoms with Crippen LogP contribution < -0.4 is 17.0 Å². The maximum Gasteiger partial charge on any atom is 0.332 e. The van der Waals surface area contributed by atoms with E-state index in [4.69, 9.17) is 5.73 Å². The number of halogens is 1.